The Morgan fingerprint density at radius 1 is 1.10 bits per heavy atom. The Morgan fingerprint density at radius 2 is 1.70 bits per heavy atom. The number of rotatable bonds is 6. The minimum Gasteiger partial charge on any atom is -0.426 e. The van der Waals surface area contributed by atoms with Crippen LogP contribution in [-0.2, 0) is 9.59 Å². The van der Waals surface area contributed by atoms with Crippen LogP contribution in [0, 0.1) is 22.7 Å². The molecule has 1 fully saturated rings. The van der Waals surface area contributed by atoms with Gasteiger partial charge < -0.3 is 10.1 Å². The topological polar surface area (TPSA) is 79.2 Å². The van der Waals surface area contributed by atoms with Crippen molar-refractivity contribution < 1.29 is 14.3 Å². The summed E-state index contributed by atoms with van der Waals surface area (Å²) in [6, 6.07) is 8.87. The summed E-state index contributed by atoms with van der Waals surface area (Å²) in [7, 11) is 0. The van der Waals surface area contributed by atoms with E-state index in [-0.39, 0.29) is 28.8 Å². The minimum atomic E-state index is -0.428. The standard InChI is InChI=1S/C25H34N2O3/c1-24(2,3)17-25(4,5)27-22(28)20(16-26)15-18-11-13-21(14-12-18)30-23(29)19-9-7-6-8-10-19/h11-15,19H,6-10,17H2,1-5H3,(H,27,28)/b20-15+. The molecule has 0 atom stereocenters. The van der Waals surface area contributed by atoms with E-state index in [0.717, 1.165) is 32.1 Å². The molecule has 162 valence electrons. The van der Waals surface area contributed by atoms with Crippen molar-refractivity contribution in [2.45, 2.75) is 78.7 Å². The van der Waals surface area contributed by atoms with Crippen LogP contribution in [0.5, 0.6) is 5.75 Å². The molecule has 1 N–H and O–H groups in total. The second-order valence-corrected chi connectivity index (χ2v) is 10.1. The maximum absolute atomic E-state index is 12.6. The van der Waals surface area contributed by atoms with Crippen molar-refractivity contribution in [3.63, 3.8) is 0 Å². The van der Waals surface area contributed by atoms with Crippen molar-refractivity contribution in [2.24, 2.45) is 11.3 Å². The predicted octanol–water partition coefficient (Wildman–Crippen LogP) is 5.41. The molecule has 5 nitrogen and oxygen atoms in total. The van der Waals surface area contributed by atoms with Crippen molar-refractivity contribution in [1.29, 1.82) is 5.26 Å². The molecule has 0 bridgehead atoms. The summed E-state index contributed by atoms with van der Waals surface area (Å²) < 4.78 is 5.50. The SMILES string of the molecule is CC(C)(C)CC(C)(C)NC(=O)/C(C#N)=C/c1ccc(OC(=O)C2CCCCC2)cc1. The van der Waals surface area contributed by atoms with Gasteiger partial charge in [-0.2, -0.15) is 5.26 Å². The van der Waals surface area contributed by atoms with Crippen LogP contribution in [0.1, 0.15) is 78.7 Å². The van der Waals surface area contributed by atoms with E-state index in [1.165, 1.54) is 6.42 Å². The fraction of sp³-hybridized carbons (Fsp3) is 0.560. The number of amides is 1. The smallest absolute Gasteiger partial charge is 0.314 e. The highest BCUT2D eigenvalue weighted by Crippen LogP contribution is 2.28. The van der Waals surface area contributed by atoms with Gasteiger partial charge >= 0.3 is 5.97 Å². The maximum Gasteiger partial charge on any atom is 0.314 e. The summed E-state index contributed by atoms with van der Waals surface area (Å²) in [6.45, 7) is 10.3. The van der Waals surface area contributed by atoms with Gasteiger partial charge in [0.05, 0.1) is 5.92 Å². The average molecular weight is 411 g/mol. The Balaban J connectivity index is 2.02. The lowest BCUT2D eigenvalue weighted by Crippen LogP contribution is -2.46. The van der Waals surface area contributed by atoms with Crippen molar-refractivity contribution in [3.8, 4) is 11.8 Å². The zero-order valence-corrected chi connectivity index (χ0v) is 18.9. The molecular weight excluding hydrogens is 376 g/mol. The molecular formula is C25H34N2O3. The highest BCUT2D eigenvalue weighted by atomic mass is 16.5. The lowest BCUT2D eigenvalue weighted by molar-refractivity contribution is -0.140. The molecule has 1 aromatic carbocycles. The third-order valence-corrected chi connectivity index (χ3v) is 5.14. The Kier molecular flexibility index (Phi) is 7.83. The van der Waals surface area contributed by atoms with Crippen LogP contribution in [0.3, 0.4) is 0 Å². The molecule has 0 radical (unpaired) electrons. The van der Waals surface area contributed by atoms with E-state index in [2.05, 4.69) is 26.1 Å². The molecule has 30 heavy (non-hydrogen) atoms. The zero-order valence-electron chi connectivity index (χ0n) is 18.9. The number of carbonyl (C=O) groups is 2. The van der Waals surface area contributed by atoms with E-state index in [4.69, 9.17) is 4.74 Å². The Hall–Kier alpha value is -2.61. The number of hydrogen-bond acceptors (Lipinski definition) is 4. The van der Waals surface area contributed by atoms with Gasteiger partial charge in [-0.25, -0.2) is 0 Å². The lowest BCUT2D eigenvalue weighted by Gasteiger charge is -2.33. The van der Waals surface area contributed by atoms with Crippen LogP contribution < -0.4 is 10.1 Å². The maximum atomic E-state index is 12.6. The number of nitrogens with zero attached hydrogens (tertiary/aromatic N) is 1. The number of nitrogens with one attached hydrogen (secondary N) is 1. The van der Waals surface area contributed by atoms with E-state index in [1.54, 1.807) is 30.3 Å². The second-order valence-electron chi connectivity index (χ2n) is 10.1. The van der Waals surface area contributed by atoms with Gasteiger partial charge in [-0.05, 0) is 62.3 Å². The van der Waals surface area contributed by atoms with E-state index >= 15 is 0 Å². The molecule has 1 aliphatic rings. The molecule has 2 rings (SSSR count). The first-order chi connectivity index (χ1) is 14.0. The lowest BCUT2D eigenvalue weighted by atomic mass is 9.81. The quantitative estimate of drug-likeness (QED) is 0.294. The monoisotopic (exact) mass is 410 g/mol. The number of nitriles is 1. The van der Waals surface area contributed by atoms with Crippen LogP contribution in [0.25, 0.3) is 6.08 Å². The molecule has 5 heteroatoms. The number of hydrogen-bond donors (Lipinski definition) is 1. The molecule has 0 aliphatic heterocycles. The Bertz CT molecular complexity index is 817. The summed E-state index contributed by atoms with van der Waals surface area (Å²) in [4.78, 5) is 24.9. The fourth-order valence-electron chi connectivity index (χ4n) is 4.23. The first-order valence-electron chi connectivity index (χ1n) is 10.8. The largest absolute Gasteiger partial charge is 0.426 e. The molecule has 0 spiro atoms. The number of esters is 1. The Labute approximate surface area is 180 Å². The van der Waals surface area contributed by atoms with Gasteiger partial charge in [-0.15, -0.1) is 0 Å². The minimum absolute atomic E-state index is 0.0105. The first-order valence-corrected chi connectivity index (χ1v) is 10.8. The third-order valence-electron chi connectivity index (χ3n) is 5.14. The van der Waals surface area contributed by atoms with Crippen molar-refractivity contribution in [2.75, 3.05) is 0 Å². The molecule has 1 aromatic rings. The summed E-state index contributed by atoms with van der Waals surface area (Å²) in [5, 5.41) is 12.4. The van der Waals surface area contributed by atoms with Crippen LogP contribution >= 0.6 is 0 Å². The van der Waals surface area contributed by atoms with Gasteiger partial charge in [0.15, 0.2) is 0 Å². The van der Waals surface area contributed by atoms with E-state index in [1.807, 2.05) is 19.9 Å². The van der Waals surface area contributed by atoms with Crippen molar-refractivity contribution in [1.82, 2.24) is 5.32 Å². The van der Waals surface area contributed by atoms with E-state index in [0.29, 0.717) is 11.3 Å². The third kappa shape index (κ3) is 7.67. The summed E-state index contributed by atoms with van der Waals surface area (Å²) >= 11 is 0. The van der Waals surface area contributed by atoms with Crippen LogP contribution in [0.15, 0.2) is 29.8 Å². The highest BCUT2D eigenvalue weighted by molar-refractivity contribution is 6.02. The van der Waals surface area contributed by atoms with Crippen LogP contribution in [0.4, 0.5) is 0 Å². The Morgan fingerprint density at radius 3 is 2.23 bits per heavy atom. The average Bonchev–Trinajstić information content (AvgIpc) is 2.65. The van der Waals surface area contributed by atoms with Gasteiger partial charge in [0.2, 0.25) is 0 Å². The van der Waals surface area contributed by atoms with Gasteiger partial charge in [-0.1, -0.05) is 52.2 Å². The van der Waals surface area contributed by atoms with Gasteiger partial charge in [0, 0.05) is 5.54 Å². The number of carbonyl (C=O) groups excluding carboxylic acids is 2. The van der Waals surface area contributed by atoms with Gasteiger partial charge in [-0.3, -0.25) is 9.59 Å². The summed E-state index contributed by atoms with van der Waals surface area (Å²) in [5.74, 6) is -0.0867. The normalized spacial score (nSPS) is 15.9. The van der Waals surface area contributed by atoms with Gasteiger partial charge in [0.25, 0.3) is 5.91 Å². The summed E-state index contributed by atoms with van der Waals surface area (Å²) in [6.07, 6.45) is 7.47. The zero-order chi connectivity index (χ0) is 22.4. The molecule has 0 unspecified atom stereocenters. The first kappa shape index (κ1) is 23.7. The molecule has 0 heterocycles. The highest BCUT2D eigenvalue weighted by Gasteiger charge is 2.28. The molecule has 1 aliphatic carbocycles. The number of benzene rings is 1. The molecule has 1 amide bonds. The summed E-state index contributed by atoms with van der Waals surface area (Å²) in [5.41, 5.74) is 0.373. The van der Waals surface area contributed by atoms with E-state index in [9.17, 15) is 14.9 Å². The molecule has 0 saturated heterocycles. The second kappa shape index (κ2) is 9.93. The molecule has 0 aromatic heterocycles. The van der Waals surface area contributed by atoms with Crippen molar-refractivity contribution >= 4 is 18.0 Å². The molecule has 1 saturated carbocycles. The fourth-order valence-corrected chi connectivity index (χ4v) is 4.23. The van der Waals surface area contributed by atoms with Crippen LogP contribution in [0.2, 0.25) is 0 Å². The van der Waals surface area contributed by atoms with E-state index < -0.39 is 5.54 Å². The van der Waals surface area contributed by atoms with Gasteiger partial charge in [0.1, 0.15) is 17.4 Å². The van der Waals surface area contributed by atoms with Crippen LogP contribution in [-0.4, -0.2) is 17.4 Å². The van der Waals surface area contributed by atoms with Crippen molar-refractivity contribution in [3.05, 3.63) is 35.4 Å². The predicted molar refractivity (Wildman–Crippen MR) is 119 cm³/mol. The number of ether oxygens (including phenoxy) is 1.